The van der Waals surface area contributed by atoms with E-state index >= 15 is 0 Å². The summed E-state index contributed by atoms with van der Waals surface area (Å²) >= 11 is 2.72. The number of thioether (sulfide) groups is 1. The van der Waals surface area contributed by atoms with E-state index in [1.54, 1.807) is 28.0 Å². The Bertz CT molecular complexity index is 1590. The number of nitrogens with zero attached hydrogens (tertiary/aromatic N) is 3. The molecule has 0 saturated carbocycles. The van der Waals surface area contributed by atoms with Crippen LogP contribution in [0.25, 0.3) is 15.9 Å². The van der Waals surface area contributed by atoms with Crippen molar-refractivity contribution < 1.29 is 19.4 Å². The van der Waals surface area contributed by atoms with Gasteiger partial charge in [0, 0.05) is 4.88 Å². The molecule has 2 aromatic heterocycles. The Morgan fingerprint density at radius 2 is 1.95 bits per heavy atom. The lowest BCUT2D eigenvalue weighted by atomic mass is 10.1. The summed E-state index contributed by atoms with van der Waals surface area (Å²) < 4.78 is 7.11. The molecule has 0 radical (unpaired) electrons. The number of carboxylic acid groups (broad SMARTS) is 1. The van der Waals surface area contributed by atoms with Crippen molar-refractivity contribution in [1.29, 1.82) is 0 Å². The number of fused-ring (bicyclic) bond motifs is 3. The normalized spacial score (nSPS) is 12.7. The maximum atomic E-state index is 13.7. The average molecular weight is 549 g/mol. The van der Waals surface area contributed by atoms with Gasteiger partial charge in [-0.15, -0.1) is 11.3 Å². The van der Waals surface area contributed by atoms with Crippen LogP contribution >= 0.6 is 23.1 Å². The van der Waals surface area contributed by atoms with Gasteiger partial charge in [-0.05, 0) is 73.7 Å². The summed E-state index contributed by atoms with van der Waals surface area (Å²) in [4.78, 5) is 44.0. The van der Waals surface area contributed by atoms with E-state index in [0.717, 1.165) is 36.6 Å². The first-order valence-electron chi connectivity index (χ1n) is 12.0. The van der Waals surface area contributed by atoms with Crippen LogP contribution in [0, 0.1) is 0 Å². The Balaban J connectivity index is 1.37. The number of thiophene rings is 1. The van der Waals surface area contributed by atoms with Crippen LogP contribution in [-0.2, 0) is 17.6 Å². The van der Waals surface area contributed by atoms with Crippen LogP contribution < -0.4 is 15.7 Å². The van der Waals surface area contributed by atoms with Crippen molar-refractivity contribution in [1.82, 2.24) is 15.0 Å². The van der Waals surface area contributed by atoms with E-state index in [-0.39, 0.29) is 22.8 Å². The van der Waals surface area contributed by atoms with Gasteiger partial charge in [0.15, 0.2) is 5.16 Å². The molecule has 4 aromatic rings. The van der Waals surface area contributed by atoms with Crippen LogP contribution in [0.5, 0.6) is 5.75 Å². The van der Waals surface area contributed by atoms with Gasteiger partial charge in [0.2, 0.25) is 0 Å². The third kappa shape index (κ3) is 5.34. The number of carbonyl (C=O) groups excluding carboxylic acids is 1. The molecule has 0 unspecified atom stereocenters. The number of hydrogen-bond donors (Lipinski definition) is 2. The molecular weight excluding hydrogens is 524 g/mol. The Labute approximate surface area is 226 Å². The Kier molecular flexibility index (Phi) is 7.57. The van der Waals surface area contributed by atoms with Crippen molar-refractivity contribution in [2.45, 2.75) is 31.3 Å². The van der Waals surface area contributed by atoms with Crippen LogP contribution in [0.2, 0.25) is 0 Å². The van der Waals surface area contributed by atoms with Gasteiger partial charge in [-0.3, -0.25) is 14.2 Å². The van der Waals surface area contributed by atoms with E-state index in [1.165, 1.54) is 23.2 Å². The summed E-state index contributed by atoms with van der Waals surface area (Å²) in [5.41, 5.74) is 4.89. The van der Waals surface area contributed by atoms with Crippen molar-refractivity contribution in [2.24, 2.45) is 5.10 Å². The van der Waals surface area contributed by atoms with Crippen LogP contribution in [0.1, 0.15) is 39.7 Å². The van der Waals surface area contributed by atoms with Crippen molar-refractivity contribution in [3.63, 3.8) is 0 Å². The number of aromatic carboxylic acids is 1. The molecule has 38 heavy (non-hydrogen) atoms. The summed E-state index contributed by atoms with van der Waals surface area (Å²) in [6.07, 6.45) is 4.31. The largest absolute Gasteiger partial charge is 0.494 e. The molecule has 9 nitrogen and oxygen atoms in total. The maximum Gasteiger partial charge on any atom is 0.335 e. The molecule has 0 bridgehead atoms. The highest BCUT2D eigenvalue weighted by molar-refractivity contribution is 7.99. The molecule has 1 amide bonds. The van der Waals surface area contributed by atoms with E-state index in [0.29, 0.717) is 39.0 Å². The lowest BCUT2D eigenvalue weighted by Crippen LogP contribution is -2.24. The second kappa shape index (κ2) is 11.2. The first-order valence-corrected chi connectivity index (χ1v) is 13.8. The topological polar surface area (TPSA) is 123 Å². The van der Waals surface area contributed by atoms with E-state index in [2.05, 4.69) is 10.5 Å². The molecule has 1 aliphatic carbocycles. The van der Waals surface area contributed by atoms with E-state index in [4.69, 9.17) is 14.8 Å². The first kappa shape index (κ1) is 25.7. The van der Waals surface area contributed by atoms with E-state index in [1.807, 2.05) is 31.2 Å². The highest BCUT2D eigenvalue weighted by Gasteiger charge is 2.24. The molecule has 0 atom stereocenters. The molecular formula is C27H24N4O5S2. The minimum absolute atomic E-state index is 0.00461. The molecule has 11 heteroatoms. The number of rotatable bonds is 9. The van der Waals surface area contributed by atoms with Crippen LogP contribution in [-0.4, -0.2) is 45.1 Å². The zero-order valence-corrected chi connectivity index (χ0v) is 22.1. The number of ether oxygens (including phenoxy) is 1. The second-order valence-corrected chi connectivity index (χ2v) is 10.5. The number of carboxylic acids is 1. The van der Waals surface area contributed by atoms with Crippen molar-refractivity contribution in [2.75, 3.05) is 12.4 Å². The number of aromatic nitrogens is 2. The van der Waals surface area contributed by atoms with Gasteiger partial charge in [-0.1, -0.05) is 23.9 Å². The van der Waals surface area contributed by atoms with Crippen LogP contribution in [0.4, 0.5) is 0 Å². The number of amides is 1. The van der Waals surface area contributed by atoms with E-state index in [9.17, 15) is 14.4 Å². The quantitative estimate of drug-likeness (QED) is 0.139. The highest BCUT2D eigenvalue weighted by Crippen LogP contribution is 2.36. The standard InChI is InChI=1S/C27H24N4O5S2/c1-2-36-19-12-10-18(11-13-19)31-25(33)23-20-4-3-5-21(20)38-24(23)29-27(31)37-15-22(32)30-28-14-16-6-8-17(9-7-16)26(34)35/h6-14H,2-5,15H2,1H3,(H,30,32)(H,34,35). The molecule has 0 aliphatic heterocycles. The van der Waals surface area contributed by atoms with Gasteiger partial charge >= 0.3 is 5.97 Å². The number of nitrogens with one attached hydrogen (secondary N) is 1. The van der Waals surface area contributed by atoms with Crippen LogP contribution in [0.3, 0.4) is 0 Å². The smallest absolute Gasteiger partial charge is 0.335 e. The first-order chi connectivity index (χ1) is 18.4. The minimum atomic E-state index is -1.01. The third-order valence-electron chi connectivity index (χ3n) is 6.01. The van der Waals surface area contributed by atoms with Gasteiger partial charge in [0.1, 0.15) is 10.6 Å². The fourth-order valence-corrected chi connectivity index (χ4v) is 6.37. The average Bonchev–Trinajstić information content (AvgIpc) is 3.50. The molecule has 194 valence electrons. The number of hydrazone groups is 1. The van der Waals surface area contributed by atoms with Crippen LogP contribution in [0.15, 0.2) is 63.6 Å². The Morgan fingerprint density at radius 1 is 1.18 bits per heavy atom. The zero-order chi connectivity index (χ0) is 26.6. The fourth-order valence-electron chi connectivity index (χ4n) is 4.26. The molecule has 0 saturated heterocycles. The lowest BCUT2D eigenvalue weighted by molar-refractivity contribution is -0.118. The van der Waals surface area contributed by atoms with Gasteiger partial charge in [0.25, 0.3) is 11.5 Å². The maximum absolute atomic E-state index is 13.7. The SMILES string of the molecule is CCOc1ccc(-n2c(SCC(=O)NN=Cc3ccc(C(=O)O)cc3)nc3sc4c(c3c2=O)CCC4)cc1. The molecule has 5 rings (SSSR count). The molecule has 2 aromatic carbocycles. The van der Waals surface area contributed by atoms with Gasteiger partial charge in [-0.25, -0.2) is 15.2 Å². The number of hydrogen-bond acceptors (Lipinski definition) is 8. The molecule has 2 N–H and O–H groups in total. The molecule has 0 fully saturated rings. The fraction of sp³-hybridized carbons (Fsp3) is 0.222. The predicted molar refractivity (Wildman–Crippen MR) is 148 cm³/mol. The molecule has 2 heterocycles. The van der Waals surface area contributed by atoms with Gasteiger partial charge in [-0.2, -0.15) is 5.10 Å². The lowest BCUT2D eigenvalue weighted by Gasteiger charge is -2.13. The van der Waals surface area contributed by atoms with Crippen molar-refractivity contribution in [3.8, 4) is 11.4 Å². The summed E-state index contributed by atoms with van der Waals surface area (Å²) in [7, 11) is 0. The Morgan fingerprint density at radius 3 is 2.66 bits per heavy atom. The summed E-state index contributed by atoms with van der Waals surface area (Å²) in [5.74, 6) is -0.676. The minimum Gasteiger partial charge on any atom is -0.494 e. The van der Waals surface area contributed by atoms with Crippen molar-refractivity contribution >= 4 is 51.4 Å². The second-order valence-electron chi connectivity index (χ2n) is 8.51. The Hall–Kier alpha value is -3.96. The van der Waals surface area contributed by atoms with Crippen molar-refractivity contribution in [3.05, 3.63) is 80.5 Å². The predicted octanol–water partition coefficient (Wildman–Crippen LogP) is 4.28. The zero-order valence-electron chi connectivity index (χ0n) is 20.5. The molecule has 1 aliphatic rings. The number of benzene rings is 2. The van der Waals surface area contributed by atoms with Gasteiger partial charge < -0.3 is 9.84 Å². The number of carbonyl (C=O) groups is 2. The number of aryl methyl sites for hydroxylation is 2. The van der Waals surface area contributed by atoms with Gasteiger partial charge in [0.05, 0.1) is 35.2 Å². The third-order valence-corrected chi connectivity index (χ3v) is 8.13. The highest BCUT2D eigenvalue weighted by atomic mass is 32.2. The summed E-state index contributed by atoms with van der Waals surface area (Å²) in [6, 6.07) is 13.4. The monoisotopic (exact) mass is 548 g/mol. The summed E-state index contributed by atoms with van der Waals surface area (Å²) in [5, 5.41) is 14.0. The molecule has 0 spiro atoms. The van der Waals surface area contributed by atoms with E-state index < -0.39 is 5.97 Å². The summed E-state index contributed by atoms with van der Waals surface area (Å²) in [6.45, 7) is 2.45.